The van der Waals surface area contributed by atoms with E-state index in [0.29, 0.717) is 15.6 Å². The summed E-state index contributed by atoms with van der Waals surface area (Å²) >= 11 is 6.28. The third-order valence-electron chi connectivity index (χ3n) is 2.82. The molecule has 1 aromatic heterocycles. The average Bonchev–Trinajstić information content (AvgIpc) is 2.93. The van der Waals surface area contributed by atoms with Crippen LogP contribution in [0.25, 0.3) is 0 Å². The number of nitrogens with zero attached hydrogens (tertiary/aromatic N) is 2. The van der Waals surface area contributed by atoms with Crippen molar-refractivity contribution in [2.75, 3.05) is 11.4 Å². The Labute approximate surface area is 132 Å². The van der Waals surface area contributed by atoms with E-state index < -0.39 is 6.09 Å². The zero-order valence-corrected chi connectivity index (χ0v) is 13.4. The topological polar surface area (TPSA) is 58.2 Å². The number of hydrogen-bond donors (Lipinski definition) is 1. The van der Waals surface area contributed by atoms with E-state index in [2.05, 4.69) is 17.1 Å². The number of anilines is 1. The molecule has 2 aromatic rings. The standard InChI is InChI=1S/C14H17N3O2S2/c1-2-3-9-17(12-15-16-13(20)21-12)14(18)19-10-11-7-5-4-6-8-11/h4-8H,2-3,9-10H2,1H3,(H,16,20). The van der Waals surface area contributed by atoms with Gasteiger partial charge in [-0.1, -0.05) is 55.0 Å². The van der Waals surface area contributed by atoms with Gasteiger partial charge < -0.3 is 4.74 Å². The second-order valence-corrected chi connectivity index (χ2v) is 6.09. The van der Waals surface area contributed by atoms with Gasteiger partial charge in [-0.2, -0.15) is 0 Å². The highest BCUT2D eigenvalue weighted by Gasteiger charge is 2.19. The third-order valence-corrected chi connectivity index (χ3v) is 3.93. The van der Waals surface area contributed by atoms with Crippen LogP contribution in [-0.4, -0.2) is 22.8 Å². The summed E-state index contributed by atoms with van der Waals surface area (Å²) in [5.41, 5.74) is 0.955. The van der Waals surface area contributed by atoms with Gasteiger partial charge in [0.1, 0.15) is 6.61 Å². The maximum Gasteiger partial charge on any atom is 0.416 e. The molecule has 0 radical (unpaired) electrons. The first-order valence-electron chi connectivity index (χ1n) is 6.74. The van der Waals surface area contributed by atoms with Gasteiger partial charge in [0.05, 0.1) is 0 Å². The third kappa shape index (κ3) is 4.64. The van der Waals surface area contributed by atoms with Crippen LogP contribution in [0.15, 0.2) is 30.3 Å². The van der Waals surface area contributed by atoms with Crippen molar-refractivity contribution in [3.05, 3.63) is 39.8 Å². The highest BCUT2D eigenvalue weighted by Crippen LogP contribution is 2.19. The summed E-state index contributed by atoms with van der Waals surface area (Å²) in [5.74, 6) is 0. The highest BCUT2D eigenvalue weighted by molar-refractivity contribution is 7.73. The predicted octanol–water partition coefficient (Wildman–Crippen LogP) is 4.14. The summed E-state index contributed by atoms with van der Waals surface area (Å²) in [6.45, 7) is 2.89. The number of H-pyrrole nitrogens is 1. The molecule has 2 rings (SSSR count). The number of unbranched alkanes of at least 4 members (excludes halogenated alkanes) is 1. The van der Waals surface area contributed by atoms with Crippen LogP contribution in [0.4, 0.5) is 9.93 Å². The van der Waals surface area contributed by atoms with Gasteiger partial charge in [0.2, 0.25) is 5.13 Å². The zero-order valence-electron chi connectivity index (χ0n) is 11.7. The second-order valence-electron chi connectivity index (χ2n) is 4.44. The quantitative estimate of drug-likeness (QED) is 0.812. The number of carbonyl (C=O) groups is 1. The predicted molar refractivity (Wildman–Crippen MR) is 86.2 cm³/mol. The van der Waals surface area contributed by atoms with Gasteiger partial charge in [0.15, 0.2) is 3.95 Å². The van der Waals surface area contributed by atoms with Gasteiger partial charge in [-0.05, 0) is 24.2 Å². The summed E-state index contributed by atoms with van der Waals surface area (Å²) in [5, 5.41) is 7.30. The number of carbonyl (C=O) groups excluding carboxylic acids is 1. The first-order valence-corrected chi connectivity index (χ1v) is 7.97. The number of hydrogen-bond acceptors (Lipinski definition) is 5. The van der Waals surface area contributed by atoms with Crippen LogP contribution in [0.1, 0.15) is 25.3 Å². The van der Waals surface area contributed by atoms with Gasteiger partial charge in [-0.3, -0.25) is 10.00 Å². The van der Waals surface area contributed by atoms with Crippen molar-refractivity contribution < 1.29 is 9.53 Å². The fourth-order valence-corrected chi connectivity index (χ4v) is 2.61. The smallest absolute Gasteiger partial charge is 0.416 e. The molecule has 0 aliphatic rings. The van der Waals surface area contributed by atoms with E-state index >= 15 is 0 Å². The molecule has 0 aliphatic heterocycles. The zero-order chi connectivity index (χ0) is 15.1. The lowest BCUT2D eigenvalue weighted by molar-refractivity contribution is 0.147. The number of aromatic amines is 1. The van der Waals surface area contributed by atoms with Crippen LogP contribution in [0.2, 0.25) is 0 Å². The number of nitrogens with one attached hydrogen (secondary N) is 1. The Kier molecular flexibility index (Phi) is 5.89. The van der Waals surface area contributed by atoms with Crippen LogP contribution < -0.4 is 4.90 Å². The molecule has 0 aliphatic carbocycles. The van der Waals surface area contributed by atoms with Gasteiger partial charge >= 0.3 is 6.09 Å². The number of amides is 1. The largest absolute Gasteiger partial charge is 0.444 e. The van der Waals surface area contributed by atoms with Crippen molar-refractivity contribution in [2.45, 2.75) is 26.4 Å². The summed E-state index contributed by atoms with van der Waals surface area (Å²) in [6.07, 6.45) is 1.47. The molecular weight excluding hydrogens is 306 g/mol. The van der Waals surface area contributed by atoms with Crippen molar-refractivity contribution >= 4 is 34.8 Å². The van der Waals surface area contributed by atoms with Crippen molar-refractivity contribution in [3.8, 4) is 0 Å². The lowest BCUT2D eigenvalue weighted by Crippen LogP contribution is -2.32. The molecule has 7 heteroatoms. The lowest BCUT2D eigenvalue weighted by atomic mass is 10.2. The Morgan fingerprint density at radius 2 is 2.19 bits per heavy atom. The number of aromatic nitrogens is 2. The molecule has 112 valence electrons. The molecule has 0 saturated heterocycles. The van der Waals surface area contributed by atoms with E-state index in [1.807, 2.05) is 30.3 Å². The first-order chi connectivity index (χ1) is 10.2. The van der Waals surface area contributed by atoms with E-state index in [1.165, 1.54) is 16.2 Å². The first kappa shape index (κ1) is 15.7. The molecule has 0 spiro atoms. The molecule has 1 amide bonds. The molecule has 1 heterocycles. The fourth-order valence-electron chi connectivity index (χ4n) is 1.72. The van der Waals surface area contributed by atoms with E-state index in [9.17, 15) is 4.79 Å². The Morgan fingerprint density at radius 1 is 1.43 bits per heavy atom. The van der Waals surface area contributed by atoms with Crippen LogP contribution in [-0.2, 0) is 11.3 Å². The Bertz CT molecular complexity index is 624. The molecule has 0 atom stereocenters. The van der Waals surface area contributed by atoms with Crippen molar-refractivity contribution in [2.24, 2.45) is 0 Å². The monoisotopic (exact) mass is 323 g/mol. The van der Waals surface area contributed by atoms with Gasteiger partial charge in [0, 0.05) is 6.54 Å². The van der Waals surface area contributed by atoms with E-state index in [0.717, 1.165) is 18.4 Å². The molecule has 0 bridgehead atoms. The summed E-state index contributed by atoms with van der Waals surface area (Å²) in [4.78, 5) is 13.8. The molecule has 1 N–H and O–H groups in total. The number of ether oxygens (including phenoxy) is 1. The van der Waals surface area contributed by atoms with Crippen LogP contribution >= 0.6 is 23.6 Å². The van der Waals surface area contributed by atoms with Gasteiger partial charge in [-0.15, -0.1) is 5.10 Å². The van der Waals surface area contributed by atoms with Gasteiger partial charge in [0.25, 0.3) is 0 Å². The van der Waals surface area contributed by atoms with E-state index in [4.69, 9.17) is 17.0 Å². The Morgan fingerprint density at radius 3 is 2.81 bits per heavy atom. The van der Waals surface area contributed by atoms with E-state index in [1.54, 1.807) is 0 Å². The minimum absolute atomic E-state index is 0.248. The maximum atomic E-state index is 12.3. The van der Waals surface area contributed by atoms with Crippen LogP contribution in [0.5, 0.6) is 0 Å². The average molecular weight is 323 g/mol. The van der Waals surface area contributed by atoms with Crippen molar-refractivity contribution in [1.82, 2.24) is 10.2 Å². The van der Waals surface area contributed by atoms with Crippen LogP contribution in [0, 0.1) is 3.95 Å². The van der Waals surface area contributed by atoms with Crippen molar-refractivity contribution in [1.29, 1.82) is 0 Å². The molecule has 0 unspecified atom stereocenters. The molecule has 1 aromatic carbocycles. The number of rotatable bonds is 6. The highest BCUT2D eigenvalue weighted by atomic mass is 32.1. The van der Waals surface area contributed by atoms with Crippen LogP contribution in [0.3, 0.4) is 0 Å². The Hall–Kier alpha value is -1.73. The minimum atomic E-state index is -0.398. The normalized spacial score (nSPS) is 10.3. The summed E-state index contributed by atoms with van der Waals surface area (Å²) in [6, 6.07) is 9.59. The van der Waals surface area contributed by atoms with E-state index in [-0.39, 0.29) is 6.61 Å². The summed E-state index contributed by atoms with van der Waals surface area (Å²) in [7, 11) is 0. The molecule has 5 nitrogen and oxygen atoms in total. The summed E-state index contributed by atoms with van der Waals surface area (Å²) < 4.78 is 5.90. The fraction of sp³-hybridized carbons (Fsp3) is 0.357. The number of benzene rings is 1. The molecule has 0 saturated carbocycles. The minimum Gasteiger partial charge on any atom is -0.444 e. The molecular formula is C14H17N3O2S2. The Balaban J connectivity index is 2.02. The molecule has 21 heavy (non-hydrogen) atoms. The second kappa shape index (κ2) is 7.90. The molecule has 0 fully saturated rings. The van der Waals surface area contributed by atoms with Crippen molar-refractivity contribution in [3.63, 3.8) is 0 Å². The van der Waals surface area contributed by atoms with Gasteiger partial charge in [-0.25, -0.2) is 4.79 Å². The SMILES string of the molecule is CCCCN(C(=O)OCc1ccccc1)c1n[nH]c(=S)s1. The lowest BCUT2D eigenvalue weighted by Gasteiger charge is -2.18. The maximum absolute atomic E-state index is 12.3.